The summed E-state index contributed by atoms with van der Waals surface area (Å²) >= 11 is 0. The van der Waals surface area contributed by atoms with Crippen molar-refractivity contribution >= 4 is 11.0 Å². The van der Waals surface area contributed by atoms with E-state index >= 15 is 0 Å². The lowest BCUT2D eigenvalue weighted by Gasteiger charge is -2.09. The van der Waals surface area contributed by atoms with Crippen LogP contribution in [0.5, 0.6) is 5.75 Å². The molecule has 0 aliphatic heterocycles. The molecule has 0 unspecified atom stereocenters. The molecule has 0 amide bonds. The zero-order valence-electron chi connectivity index (χ0n) is 12.7. The zero-order valence-corrected chi connectivity index (χ0v) is 12.7. The van der Waals surface area contributed by atoms with Gasteiger partial charge in [0.25, 0.3) is 5.56 Å². The first kappa shape index (κ1) is 14.7. The Morgan fingerprint density at radius 1 is 1.25 bits per heavy atom. The highest BCUT2D eigenvalue weighted by molar-refractivity contribution is 5.83. The third-order valence-electron chi connectivity index (χ3n) is 3.54. The van der Waals surface area contributed by atoms with Crippen LogP contribution in [0.4, 0.5) is 0 Å². The summed E-state index contributed by atoms with van der Waals surface area (Å²) in [7, 11) is 0. The quantitative estimate of drug-likeness (QED) is 0.904. The fourth-order valence-corrected chi connectivity index (χ4v) is 2.58. The molecule has 0 aliphatic rings. The molecule has 0 saturated heterocycles. The Morgan fingerprint density at radius 3 is 2.45 bits per heavy atom. The molecule has 0 radical (unpaired) electrons. The third-order valence-corrected chi connectivity index (χ3v) is 3.54. The summed E-state index contributed by atoms with van der Waals surface area (Å²) in [5.41, 5.74) is 2.05. The maximum absolute atomic E-state index is 12.4. The number of nitrogens with zero attached hydrogens (tertiary/aromatic N) is 1. The fourth-order valence-electron chi connectivity index (χ4n) is 2.58. The van der Waals surface area contributed by atoms with Gasteiger partial charge in [-0.25, -0.2) is 0 Å². The van der Waals surface area contributed by atoms with E-state index in [2.05, 4.69) is 13.8 Å². The first-order valence-corrected chi connectivity index (χ1v) is 7.40. The van der Waals surface area contributed by atoms with Crippen molar-refractivity contribution in [1.82, 2.24) is 4.74 Å². The zero-order chi connectivity index (χ0) is 14.9. The highest BCUT2D eigenvalue weighted by atomic mass is 16.5. The lowest BCUT2D eigenvalue weighted by Crippen LogP contribution is -2.16. The van der Waals surface area contributed by atoms with Crippen molar-refractivity contribution in [3.63, 3.8) is 0 Å². The van der Waals surface area contributed by atoms with Gasteiger partial charge < -0.3 is 9.63 Å². The summed E-state index contributed by atoms with van der Waals surface area (Å²) in [6.07, 6.45) is 3.31. The second-order valence-corrected chi connectivity index (χ2v) is 5.56. The first-order valence-electron chi connectivity index (χ1n) is 7.40. The van der Waals surface area contributed by atoms with E-state index in [-0.39, 0.29) is 11.6 Å². The predicted molar refractivity (Wildman–Crippen MR) is 80.5 cm³/mol. The molecule has 20 heavy (non-hydrogen) atoms. The normalized spacial score (nSPS) is 11.7. The van der Waals surface area contributed by atoms with E-state index in [1.165, 1.54) is 4.74 Å². The van der Waals surface area contributed by atoms with Crippen LogP contribution in [-0.2, 0) is 12.8 Å². The number of rotatable bonds is 5. The van der Waals surface area contributed by atoms with Gasteiger partial charge >= 0.3 is 0 Å². The molecule has 0 spiro atoms. The molecule has 0 saturated carbocycles. The number of fused-ring (bicyclic) bond motifs is 1. The number of hydrogen-bond acceptors (Lipinski definition) is 3. The average Bonchev–Trinajstić information content (AvgIpc) is 2.72. The summed E-state index contributed by atoms with van der Waals surface area (Å²) in [5.74, 6) is 0.297. The SMILES string of the molecule is CCCc1cc2c(=O)n(C(C)C)oc2c(CCC)c1O. The van der Waals surface area contributed by atoms with Gasteiger partial charge in [0.1, 0.15) is 5.75 Å². The lowest BCUT2D eigenvalue weighted by molar-refractivity contribution is 0.249. The van der Waals surface area contributed by atoms with Crippen molar-refractivity contribution in [2.75, 3.05) is 0 Å². The van der Waals surface area contributed by atoms with Crippen LogP contribution in [0, 0.1) is 0 Å². The van der Waals surface area contributed by atoms with E-state index in [0.29, 0.717) is 23.1 Å². The van der Waals surface area contributed by atoms with Crippen LogP contribution in [0.25, 0.3) is 11.0 Å². The van der Waals surface area contributed by atoms with Gasteiger partial charge in [0.05, 0.1) is 11.4 Å². The Balaban J connectivity index is 2.79. The summed E-state index contributed by atoms with van der Waals surface area (Å²) in [4.78, 5) is 12.4. The number of aryl methyl sites for hydroxylation is 2. The smallest absolute Gasteiger partial charge is 0.290 e. The van der Waals surface area contributed by atoms with Crippen molar-refractivity contribution in [3.05, 3.63) is 27.5 Å². The Hall–Kier alpha value is -1.71. The van der Waals surface area contributed by atoms with E-state index < -0.39 is 0 Å². The Bertz CT molecular complexity index is 664. The largest absolute Gasteiger partial charge is 0.507 e. The molecule has 2 rings (SSSR count). The predicted octanol–water partition coefficient (Wildman–Crippen LogP) is 3.79. The van der Waals surface area contributed by atoms with Gasteiger partial charge in [-0.2, -0.15) is 4.74 Å². The molecule has 0 aliphatic carbocycles. The van der Waals surface area contributed by atoms with Crippen molar-refractivity contribution in [2.24, 2.45) is 0 Å². The maximum Gasteiger partial charge on any atom is 0.290 e. The number of hydrogen-bond donors (Lipinski definition) is 1. The standard InChI is InChI=1S/C16H23NO3/c1-5-7-11-9-13-15(12(8-6-2)14(11)18)20-17(10(3)4)16(13)19/h9-10,18H,5-8H2,1-4H3. The molecular weight excluding hydrogens is 254 g/mol. The summed E-state index contributed by atoms with van der Waals surface area (Å²) in [5, 5.41) is 11.0. The Kier molecular flexibility index (Phi) is 4.21. The minimum Gasteiger partial charge on any atom is -0.507 e. The molecular formula is C16H23NO3. The minimum absolute atomic E-state index is 0.0267. The Labute approximate surface area is 119 Å². The van der Waals surface area contributed by atoms with Crippen LogP contribution in [0.2, 0.25) is 0 Å². The van der Waals surface area contributed by atoms with Crippen LogP contribution in [0.1, 0.15) is 57.7 Å². The second kappa shape index (κ2) is 5.73. The lowest BCUT2D eigenvalue weighted by atomic mass is 9.99. The molecule has 1 aromatic carbocycles. The highest BCUT2D eigenvalue weighted by Gasteiger charge is 2.20. The number of aromatic hydroxyl groups is 1. The van der Waals surface area contributed by atoms with Crippen LogP contribution >= 0.6 is 0 Å². The summed E-state index contributed by atoms with van der Waals surface area (Å²) in [6, 6.07) is 1.76. The Morgan fingerprint density at radius 2 is 1.90 bits per heavy atom. The van der Waals surface area contributed by atoms with Gasteiger partial charge in [-0.05, 0) is 38.3 Å². The summed E-state index contributed by atoms with van der Waals surface area (Å²) in [6.45, 7) is 7.94. The van der Waals surface area contributed by atoms with Gasteiger partial charge in [0, 0.05) is 5.56 Å². The molecule has 0 atom stereocenters. The number of benzene rings is 1. The van der Waals surface area contributed by atoms with Gasteiger partial charge in [0.15, 0.2) is 5.58 Å². The number of phenolic OH excluding ortho intramolecular Hbond substituents is 1. The highest BCUT2D eigenvalue weighted by Crippen LogP contribution is 2.32. The molecule has 110 valence electrons. The van der Waals surface area contributed by atoms with Crippen molar-refractivity contribution < 1.29 is 9.63 Å². The monoisotopic (exact) mass is 277 g/mol. The molecule has 2 aromatic rings. The van der Waals surface area contributed by atoms with Gasteiger partial charge in [-0.3, -0.25) is 4.79 Å². The van der Waals surface area contributed by atoms with Crippen molar-refractivity contribution in [1.29, 1.82) is 0 Å². The molecule has 4 heteroatoms. The van der Waals surface area contributed by atoms with Gasteiger partial charge in [-0.1, -0.05) is 26.7 Å². The second-order valence-electron chi connectivity index (χ2n) is 5.56. The van der Waals surface area contributed by atoms with Crippen LogP contribution < -0.4 is 5.56 Å². The third kappa shape index (κ3) is 2.35. The van der Waals surface area contributed by atoms with Crippen LogP contribution in [-0.4, -0.2) is 9.85 Å². The molecule has 4 nitrogen and oxygen atoms in total. The average molecular weight is 277 g/mol. The topological polar surface area (TPSA) is 55.4 Å². The number of phenols is 1. The fraction of sp³-hybridized carbons (Fsp3) is 0.562. The molecule has 1 heterocycles. The van der Waals surface area contributed by atoms with E-state index in [1.807, 2.05) is 13.8 Å². The van der Waals surface area contributed by atoms with E-state index in [0.717, 1.165) is 30.4 Å². The molecule has 1 aromatic heterocycles. The van der Waals surface area contributed by atoms with Crippen LogP contribution in [0.3, 0.4) is 0 Å². The van der Waals surface area contributed by atoms with E-state index in [4.69, 9.17) is 4.52 Å². The minimum atomic E-state index is -0.107. The van der Waals surface area contributed by atoms with E-state index in [1.54, 1.807) is 6.07 Å². The van der Waals surface area contributed by atoms with Gasteiger partial charge in [-0.15, -0.1) is 0 Å². The summed E-state index contributed by atoms with van der Waals surface area (Å²) < 4.78 is 7.09. The molecule has 1 N–H and O–H groups in total. The van der Waals surface area contributed by atoms with Crippen molar-refractivity contribution in [2.45, 2.75) is 59.4 Å². The van der Waals surface area contributed by atoms with Crippen molar-refractivity contribution in [3.8, 4) is 5.75 Å². The maximum atomic E-state index is 12.4. The number of aromatic nitrogens is 1. The van der Waals surface area contributed by atoms with Gasteiger partial charge in [0.2, 0.25) is 0 Å². The van der Waals surface area contributed by atoms with E-state index in [9.17, 15) is 9.90 Å². The first-order chi connectivity index (χ1) is 9.51. The molecule has 0 fully saturated rings. The molecule has 0 bridgehead atoms. The van der Waals surface area contributed by atoms with Crippen LogP contribution in [0.15, 0.2) is 15.4 Å².